The summed E-state index contributed by atoms with van der Waals surface area (Å²) in [7, 11) is -1.29. The van der Waals surface area contributed by atoms with E-state index in [2.05, 4.69) is 0 Å². The van der Waals surface area contributed by atoms with E-state index in [9.17, 15) is 8.60 Å². The Morgan fingerprint density at radius 2 is 1.83 bits per heavy atom. The van der Waals surface area contributed by atoms with Gasteiger partial charge in [-0.15, -0.1) is 0 Å². The molecule has 0 aliphatic heterocycles. The molecule has 0 fully saturated rings. The van der Waals surface area contributed by atoms with E-state index in [-0.39, 0.29) is 10.9 Å². The molecule has 0 saturated carbocycles. The summed E-state index contributed by atoms with van der Waals surface area (Å²) >= 11 is 0. The van der Waals surface area contributed by atoms with E-state index in [1.165, 1.54) is 18.2 Å². The number of rotatable bonds is 3. The van der Waals surface area contributed by atoms with E-state index < -0.39 is 16.6 Å². The first-order chi connectivity index (χ1) is 8.59. The van der Waals surface area contributed by atoms with Crippen molar-refractivity contribution < 1.29 is 8.60 Å². The molecular formula is C14H14FNOS. The van der Waals surface area contributed by atoms with Crippen molar-refractivity contribution in [2.75, 3.05) is 5.73 Å². The average Bonchev–Trinajstić information content (AvgIpc) is 2.38. The monoisotopic (exact) mass is 263 g/mol. The van der Waals surface area contributed by atoms with Crippen molar-refractivity contribution in [3.05, 3.63) is 59.9 Å². The minimum atomic E-state index is -1.29. The van der Waals surface area contributed by atoms with Gasteiger partial charge in [-0.3, -0.25) is 4.21 Å². The van der Waals surface area contributed by atoms with E-state index in [0.29, 0.717) is 4.90 Å². The smallest absolute Gasteiger partial charge is 0.125 e. The first-order valence-electron chi connectivity index (χ1n) is 5.60. The standard InChI is InChI=1S/C14H14FNOS/c1-10(11-5-3-2-4-6-11)18(17)14-8-7-12(15)9-13(14)16/h2-10H,16H2,1H3. The second-order valence-electron chi connectivity index (χ2n) is 4.03. The Morgan fingerprint density at radius 3 is 2.44 bits per heavy atom. The van der Waals surface area contributed by atoms with E-state index in [1.54, 1.807) is 0 Å². The number of hydrogen-bond donors (Lipinski definition) is 1. The van der Waals surface area contributed by atoms with Crippen molar-refractivity contribution in [2.24, 2.45) is 0 Å². The summed E-state index contributed by atoms with van der Waals surface area (Å²) in [4.78, 5) is 0.479. The lowest BCUT2D eigenvalue weighted by Gasteiger charge is -2.13. The highest BCUT2D eigenvalue weighted by atomic mass is 32.2. The molecule has 2 unspecified atom stereocenters. The Kier molecular flexibility index (Phi) is 3.77. The highest BCUT2D eigenvalue weighted by Crippen LogP contribution is 2.28. The van der Waals surface area contributed by atoms with Crippen molar-refractivity contribution in [3.8, 4) is 0 Å². The number of halogens is 1. The summed E-state index contributed by atoms with van der Waals surface area (Å²) in [5.74, 6) is -0.416. The first kappa shape index (κ1) is 12.8. The molecule has 0 heterocycles. The van der Waals surface area contributed by atoms with Crippen LogP contribution in [-0.4, -0.2) is 4.21 Å². The van der Waals surface area contributed by atoms with Crippen molar-refractivity contribution in [3.63, 3.8) is 0 Å². The summed E-state index contributed by atoms with van der Waals surface area (Å²) in [6.45, 7) is 1.87. The third-order valence-corrected chi connectivity index (χ3v) is 4.50. The molecular weight excluding hydrogens is 249 g/mol. The molecule has 2 aromatic rings. The first-order valence-corrected chi connectivity index (χ1v) is 6.81. The second kappa shape index (κ2) is 5.31. The molecule has 0 aliphatic rings. The Balaban J connectivity index is 2.32. The Bertz CT molecular complexity index is 571. The zero-order chi connectivity index (χ0) is 13.1. The van der Waals surface area contributed by atoms with Gasteiger partial charge in [-0.05, 0) is 30.7 Å². The molecule has 2 nitrogen and oxygen atoms in total. The van der Waals surface area contributed by atoms with E-state index in [1.807, 2.05) is 37.3 Å². The lowest BCUT2D eigenvalue weighted by Crippen LogP contribution is -2.06. The lowest BCUT2D eigenvalue weighted by atomic mass is 10.2. The maximum absolute atomic E-state index is 13.0. The van der Waals surface area contributed by atoms with Crippen LogP contribution < -0.4 is 5.73 Å². The maximum Gasteiger partial charge on any atom is 0.125 e. The van der Waals surface area contributed by atoms with Gasteiger partial charge in [0.05, 0.1) is 26.6 Å². The quantitative estimate of drug-likeness (QED) is 0.864. The summed E-state index contributed by atoms with van der Waals surface area (Å²) < 4.78 is 25.3. The molecule has 94 valence electrons. The normalized spacial score (nSPS) is 14.1. The minimum absolute atomic E-state index is 0.182. The van der Waals surface area contributed by atoms with Crippen molar-refractivity contribution >= 4 is 16.5 Å². The van der Waals surface area contributed by atoms with Crippen LogP contribution in [0.5, 0.6) is 0 Å². The van der Waals surface area contributed by atoms with Crippen LogP contribution >= 0.6 is 0 Å². The van der Waals surface area contributed by atoms with Crippen LogP contribution in [0.15, 0.2) is 53.4 Å². The summed E-state index contributed by atoms with van der Waals surface area (Å²) in [6, 6.07) is 13.5. The third-order valence-electron chi connectivity index (χ3n) is 2.78. The SMILES string of the molecule is CC(c1ccccc1)S(=O)c1ccc(F)cc1N. The van der Waals surface area contributed by atoms with Crippen molar-refractivity contribution in [1.82, 2.24) is 0 Å². The molecule has 2 rings (SSSR count). The summed E-state index contributed by atoms with van der Waals surface area (Å²) in [6.07, 6.45) is 0. The average molecular weight is 263 g/mol. The van der Waals surface area contributed by atoms with Crippen LogP contribution in [0.1, 0.15) is 17.7 Å². The zero-order valence-corrected chi connectivity index (χ0v) is 10.8. The van der Waals surface area contributed by atoms with Gasteiger partial charge in [-0.25, -0.2) is 4.39 Å². The third kappa shape index (κ3) is 2.59. The van der Waals surface area contributed by atoms with Crippen LogP contribution in [0.2, 0.25) is 0 Å². The lowest BCUT2D eigenvalue weighted by molar-refractivity contribution is 0.627. The van der Waals surface area contributed by atoms with Gasteiger partial charge in [-0.2, -0.15) is 0 Å². The fourth-order valence-corrected chi connectivity index (χ4v) is 3.02. The molecule has 0 amide bonds. The van der Waals surface area contributed by atoms with Crippen LogP contribution in [0.3, 0.4) is 0 Å². The number of nitrogens with two attached hydrogens (primary N) is 1. The molecule has 2 aromatic carbocycles. The van der Waals surface area contributed by atoms with Gasteiger partial charge >= 0.3 is 0 Å². The molecule has 0 bridgehead atoms. The van der Waals surface area contributed by atoms with Gasteiger partial charge in [-0.1, -0.05) is 30.3 Å². The van der Waals surface area contributed by atoms with Crippen LogP contribution in [0.25, 0.3) is 0 Å². The predicted molar refractivity (Wildman–Crippen MR) is 72.1 cm³/mol. The second-order valence-corrected chi connectivity index (χ2v) is 5.77. The van der Waals surface area contributed by atoms with E-state index >= 15 is 0 Å². The fraction of sp³-hybridized carbons (Fsp3) is 0.143. The Labute approximate surface area is 108 Å². The van der Waals surface area contributed by atoms with Gasteiger partial charge in [0, 0.05) is 0 Å². The zero-order valence-electron chi connectivity index (χ0n) is 9.97. The molecule has 0 spiro atoms. The van der Waals surface area contributed by atoms with Crippen LogP contribution in [-0.2, 0) is 10.8 Å². The predicted octanol–water partition coefficient (Wildman–Crippen LogP) is 3.28. The molecule has 18 heavy (non-hydrogen) atoms. The number of hydrogen-bond acceptors (Lipinski definition) is 2. The van der Waals surface area contributed by atoms with E-state index in [0.717, 1.165) is 5.56 Å². The highest BCUT2D eigenvalue weighted by Gasteiger charge is 2.17. The molecule has 2 N–H and O–H groups in total. The van der Waals surface area contributed by atoms with Gasteiger partial charge in [0.1, 0.15) is 5.82 Å². The van der Waals surface area contributed by atoms with E-state index in [4.69, 9.17) is 5.73 Å². The summed E-state index contributed by atoms with van der Waals surface area (Å²) in [5, 5.41) is -0.182. The molecule has 0 radical (unpaired) electrons. The maximum atomic E-state index is 13.0. The largest absolute Gasteiger partial charge is 0.398 e. The number of anilines is 1. The fourth-order valence-electron chi connectivity index (χ4n) is 1.74. The van der Waals surface area contributed by atoms with Gasteiger partial charge in [0.2, 0.25) is 0 Å². The van der Waals surface area contributed by atoms with Crippen molar-refractivity contribution in [1.29, 1.82) is 0 Å². The highest BCUT2D eigenvalue weighted by molar-refractivity contribution is 7.85. The minimum Gasteiger partial charge on any atom is -0.398 e. The van der Waals surface area contributed by atoms with Crippen LogP contribution in [0, 0.1) is 5.82 Å². The molecule has 0 aliphatic carbocycles. The van der Waals surface area contributed by atoms with Gasteiger partial charge in [0.15, 0.2) is 0 Å². The van der Waals surface area contributed by atoms with Gasteiger partial charge in [0.25, 0.3) is 0 Å². The van der Waals surface area contributed by atoms with Crippen LogP contribution in [0.4, 0.5) is 10.1 Å². The Morgan fingerprint density at radius 1 is 1.17 bits per heavy atom. The Hall–Kier alpha value is -1.68. The molecule has 0 saturated heterocycles. The number of benzene rings is 2. The van der Waals surface area contributed by atoms with Gasteiger partial charge < -0.3 is 5.73 Å². The van der Waals surface area contributed by atoms with Crippen molar-refractivity contribution in [2.45, 2.75) is 17.1 Å². The molecule has 2 atom stereocenters. The summed E-state index contributed by atoms with van der Waals surface area (Å²) in [5.41, 5.74) is 6.91. The topological polar surface area (TPSA) is 43.1 Å². The molecule has 4 heteroatoms. The molecule has 0 aromatic heterocycles. The number of nitrogen functional groups attached to an aromatic ring is 1.